The molecule has 0 aliphatic carbocycles. The van der Waals surface area contributed by atoms with E-state index in [0.29, 0.717) is 25.1 Å². The van der Waals surface area contributed by atoms with Crippen LogP contribution in [0.2, 0.25) is 0 Å². The van der Waals surface area contributed by atoms with Gasteiger partial charge in [0.1, 0.15) is 24.9 Å². The lowest BCUT2D eigenvalue weighted by molar-refractivity contribution is -0.149. The first kappa shape index (κ1) is 37.1. The van der Waals surface area contributed by atoms with Crippen molar-refractivity contribution in [2.24, 2.45) is 5.73 Å². The summed E-state index contributed by atoms with van der Waals surface area (Å²) < 4.78 is 10.7. The van der Waals surface area contributed by atoms with Crippen molar-refractivity contribution in [1.29, 1.82) is 0 Å². The van der Waals surface area contributed by atoms with E-state index >= 15 is 0 Å². The summed E-state index contributed by atoms with van der Waals surface area (Å²) in [7, 11) is 1.59. The molecular weight excluding hydrogens is 542 g/mol. The van der Waals surface area contributed by atoms with Crippen LogP contribution >= 0.6 is 0 Å². The number of nitrogens with zero attached hydrogens (tertiary/aromatic N) is 1. The summed E-state index contributed by atoms with van der Waals surface area (Å²) in [5, 5.41) is 2.86. The van der Waals surface area contributed by atoms with Crippen molar-refractivity contribution in [2.75, 3.05) is 26.8 Å². The van der Waals surface area contributed by atoms with E-state index in [1.165, 1.54) is 4.90 Å². The smallest absolute Gasteiger partial charge is 0.325 e. The van der Waals surface area contributed by atoms with Gasteiger partial charge in [0.2, 0.25) is 11.8 Å². The van der Waals surface area contributed by atoms with Crippen molar-refractivity contribution in [3.05, 3.63) is 89.5 Å². The second-order valence-corrected chi connectivity index (χ2v) is 9.83. The number of carbonyl (C=O) groups is 3. The summed E-state index contributed by atoms with van der Waals surface area (Å²) in [5.74, 6) is -0.580. The Labute approximate surface area is 258 Å². The Bertz CT molecular complexity index is 1150. The Morgan fingerprint density at radius 1 is 0.930 bits per heavy atom. The summed E-state index contributed by atoms with van der Waals surface area (Å²) in [4.78, 5) is 41.2. The maximum absolute atomic E-state index is 13.8. The third-order valence-electron chi connectivity index (χ3n) is 6.41. The third-order valence-corrected chi connectivity index (χ3v) is 6.41. The molecule has 3 N–H and O–H groups in total. The molecule has 2 aromatic carbocycles. The molecule has 2 unspecified atom stereocenters. The average molecular weight is 594 g/mol. The quantitative estimate of drug-likeness (QED) is 0.188. The van der Waals surface area contributed by atoms with Crippen LogP contribution in [0.25, 0.3) is 0 Å². The van der Waals surface area contributed by atoms with E-state index < -0.39 is 24.0 Å². The minimum atomic E-state index is -0.894. The molecule has 0 bridgehead atoms. The molecule has 2 atom stereocenters. The molecule has 0 aromatic heterocycles. The number of rotatable bonds is 17. The minimum absolute atomic E-state index is 0.141. The molecule has 0 saturated heterocycles. The van der Waals surface area contributed by atoms with Gasteiger partial charge in [-0.15, -0.1) is 0 Å². The van der Waals surface area contributed by atoms with Gasteiger partial charge < -0.3 is 25.4 Å². The van der Waals surface area contributed by atoms with Gasteiger partial charge in [-0.1, -0.05) is 95.3 Å². The molecule has 0 aliphatic rings. The first-order chi connectivity index (χ1) is 20.8. The van der Waals surface area contributed by atoms with Crippen molar-refractivity contribution in [2.45, 2.75) is 78.8 Å². The molecule has 0 fully saturated rings. The predicted octanol–water partition coefficient (Wildman–Crippen LogP) is 5.40. The fourth-order valence-corrected chi connectivity index (χ4v) is 4.27. The SMILES string of the molecule is CC.CC/C=C\C(=C/CC)COC(=O)CN(CCC)C(=O)C(Cc1ccccc1)NC(=O)C(N)Cc1ccc(OC)cc1. The molecule has 2 rings (SSSR count). The van der Waals surface area contributed by atoms with E-state index in [1.54, 1.807) is 7.11 Å². The van der Waals surface area contributed by atoms with Crippen LogP contribution in [0.4, 0.5) is 0 Å². The summed E-state index contributed by atoms with van der Waals surface area (Å²) in [6.07, 6.45) is 8.88. The molecule has 0 spiro atoms. The van der Waals surface area contributed by atoms with Gasteiger partial charge in [-0.05, 0) is 54.5 Å². The number of amides is 2. The number of nitrogens with one attached hydrogen (secondary N) is 1. The van der Waals surface area contributed by atoms with Gasteiger partial charge in [0.05, 0.1) is 13.2 Å². The number of nitrogens with two attached hydrogens (primary N) is 1. The van der Waals surface area contributed by atoms with Gasteiger partial charge in [0, 0.05) is 13.0 Å². The Morgan fingerprint density at radius 3 is 2.16 bits per heavy atom. The second-order valence-electron chi connectivity index (χ2n) is 9.83. The molecule has 0 aliphatic heterocycles. The summed E-state index contributed by atoms with van der Waals surface area (Å²) in [5.41, 5.74) is 8.92. The number of carbonyl (C=O) groups excluding carboxylic acids is 3. The van der Waals surface area contributed by atoms with Crippen LogP contribution in [0.1, 0.15) is 65.0 Å². The molecule has 0 radical (unpaired) electrons. The van der Waals surface area contributed by atoms with Crippen molar-refractivity contribution in [3.8, 4) is 5.75 Å². The fraction of sp³-hybridized carbons (Fsp3) is 0.457. The zero-order chi connectivity index (χ0) is 32.0. The number of methoxy groups -OCH3 is 1. The van der Waals surface area contributed by atoms with Gasteiger partial charge in [-0.3, -0.25) is 14.4 Å². The summed E-state index contributed by atoms with van der Waals surface area (Å²) in [6, 6.07) is 15.0. The summed E-state index contributed by atoms with van der Waals surface area (Å²) >= 11 is 0. The van der Waals surface area contributed by atoms with Gasteiger partial charge in [-0.2, -0.15) is 0 Å². The molecule has 2 amide bonds. The van der Waals surface area contributed by atoms with E-state index in [-0.39, 0.29) is 25.5 Å². The summed E-state index contributed by atoms with van der Waals surface area (Å²) in [6.45, 7) is 10.3. The van der Waals surface area contributed by atoms with Gasteiger partial charge in [0.25, 0.3) is 0 Å². The van der Waals surface area contributed by atoms with E-state index in [2.05, 4.69) is 5.32 Å². The standard InChI is InChI=1S/C33H45N3O5.C2H6/c1-5-8-13-27(12-6-2)24-41-31(37)23-36(20-7-3)33(39)30(22-25-14-10-9-11-15-25)35-32(38)29(34)21-26-16-18-28(40-4)19-17-26;1-2/h8-19,29-30H,5-7,20-24,34H2,1-4H3,(H,35,38);1-2H3/b13-8-,27-12+;. The fourth-order valence-electron chi connectivity index (χ4n) is 4.27. The van der Waals surface area contributed by atoms with Crippen LogP contribution in [0.3, 0.4) is 0 Å². The largest absolute Gasteiger partial charge is 0.497 e. The Morgan fingerprint density at radius 2 is 1.58 bits per heavy atom. The van der Waals surface area contributed by atoms with Gasteiger partial charge >= 0.3 is 5.97 Å². The van der Waals surface area contributed by atoms with Crippen LogP contribution in [-0.2, 0) is 32.0 Å². The Kier molecular flexibility index (Phi) is 18.8. The monoisotopic (exact) mass is 593 g/mol. The highest BCUT2D eigenvalue weighted by Crippen LogP contribution is 2.13. The molecule has 0 saturated carbocycles. The number of hydrogen-bond donors (Lipinski definition) is 2. The lowest BCUT2D eigenvalue weighted by Gasteiger charge is -2.28. The predicted molar refractivity (Wildman–Crippen MR) is 174 cm³/mol. The molecule has 2 aromatic rings. The minimum Gasteiger partial charge on any atom is -0.497 e. The molecule has 8 nitrogen and oxygen atoms in total. The van der Waals surface area contributed by atoms with Gasteiger partial charge in [-0.25, -0.2) is 0 Å². The topological polar surface area (TPSA) is 111 Å². The number of benzene rings is 2. The maximum atomic E-state index is 13.8. The number of esters is 1. The maximum Gasteiger partial charge on any atom is 0.325 e. The molecular formula is C35H51N3O5. The number of ether oxygens (including phenoxy) is 2. The highest BCUT2D eigenvalue weighted by atomic mass is 16.5. The van der Waals surface area contributed by atoms with Crippen molar-refractivity contribution in [1.82, 2.24) is 10.2 Å². The van der Waals surface area contributed by atoms with E-state index in [0.717, 1.165) is 29.5 Å². The van der Waals surface area contributed by atoms with Crippen LogP contribution in [0, 0.1) is 0 Å². The first-order valence-electron chi connectivity index (χ1n) is 15.3. The van der Waals surface area contributed by atoms with Crippen molar-refractivity contribution >= 4 is 17.8 Å². The van der Waals surface area contributed by atoms with Gasteiger partial charge in [0.15, 0.2) is 0 Å². The lowest BCUT2D eigenvalue weighted by atomic mass is 10.0. The van der Waals surface area contributed by atoms with E-state index in [1.807, 2.05) is 107 Å². The molecule has 0 heterocycles. The molecule has 236 valence electrons. The van der Waals surface area contributed by atoms with E-state index in [9.17, 15) is 14.4 Å². The molecule has 43 heavy (non-hydrogen) atoms. The van der Waals surface area contributed by atoms with Crippen LogP contribution in [-0.4, -0.2) is 61.6 Å². The highest BCUT2D eigenvalue weighted by Gasteiger charge is 2.29. The number of allylic oxidation sites excluding steroid dienone is 2. The van der Waals surface area contributed by atoms with Crippen LogP contribution in [0.5, 0.6) is 5.75 Å². The Hall–Kier alpha value is -3.91. The van der Waals surface area contributed by atoms with Crippen molar-refractivity contribution in [3.63, 3.8) is 0 Å². The zero-order valence-corrected chi connectivity index (χ0v) is 26.8. The highest BCUT2D eigenvalue weighted by molar-refractivity contribution is 5.91. The van der Waals surface area contributed by atoms with E-state index in [4.69, 9.17) is 15.2 Å². The second kappa shape index (κ2) is 21.7. The average Bonchev–Trinajstić information content (AvgIpc) is 3.03. The Balaban J connectivity index is 0.00000452. The normalized spacial score (nSPS) is 12.5. The lowest BCUT2D eigenvalue weighted by Crippen LogP contribution is -2.54. The molecule has 8 heteroatoms. The first-order valence-corrected chi connectivity index (χ1v) is 15.3. The third kappa shape index (κ3) is 14.2. The van der Waals surface area contributed by atoms with Crippen molar-refractivity contribution < 1.29 is 23.9 Å². The van der Waals surface area contributed by atoms with Crippen LogP contribution in [0.15, 0.2) is 78.4 Å². The zero-order valence-electron chi connectivity index (χ0n) is 26.8. The van der Waals surface area contributed by atoms with Crippen LogP contribution < -0.4 is 15.8 Å². The number of hydrogen-bond acceptors (Lipinski definition) is 6.